The summed E-state index contributed by atoms with van der Waals surface area (Å²) in [5.41, 5.74) is 2.82. The molecule has 1 atom stereocenters. The van der Waals surface area contributed by atoms with Gasteiger partial charge in [0.15, 0.2) is 0 Å². The summed E-state index contributed by atoms with van der Waals surface area (Å²) in [4.78, 5) is 11.7. The molecule has 0 saturated heterocycles. The van der Waals surface area contributed by atoms with Crippen LogP contribution in [-0.4, -0.2) is 11.0 Å². The van der Waals surface area contributed by atoms with E-state index in [-0.39, 0.29) is 17.7 Å². The van der Waals surface area contributed by atoms with Crippen LogP contribution in [0.25, 0.3) is 10.8 Å². The van der Waals surface area contributed by atoms with Crippen LogP contribution in [0, 0.1) is 6.92 Å². The Kier molecular flexibility index (Phi) is 4.02. The molecule has 3 nitrogen and oxygen atoms in total. The van der Waals surface area contributed by atoms with E-state index in [0.717, 1.165) is 27.5 Å². The highest BCUT2D eigenvalue weighted by molar-refractivity contribution is 5.89. The monoisotopic (exact) mass is 305 g/mol. The number of hydrogen-bond donors (Lipinski definition) is 2. The predicted molar refractivity (Wildman–Crippen MR) is 92.5 cm³/mol. The van der Waals surface area contributed by atoms with Gasteiger partial charge in [0.05, 0.1) is 6.04 Å². The number of benzene rings is 3. The third-order valence-corrected chi connectivity index (χ3v) is 3.99. The topological polar surface area (TPSA) is 49.3 Å². The van der Waals surface area contributed by atoms with Gasteiger partial charge in [0.1, 0.15) is 5.75 Å². The number of fused-ring (bicyclic) bond motifs is 1. The molecule has 0 aliphatic carbocycles. The predicted octanol–water partition coefficient (Wildman–Crippen LogP) is 4.08. The largest absolute Gasteiger partial charge is 0.508 e. The van der Waals surface area contributed by atoms with E-state index in [1.165, 1.54) is 6.92 Å². The Morgan fingerprint density at radius 2 is 1.70 bits per heavy atom. The minimum atomic E-state index is -0.390. The van der Waals surface area contributed by atoms with Crippen molar-refractivity contribution in [3.63, 3.8) is 0 Å². The van der Waals surface area contributed by atoms with Crippen molar-refractivity contribution in [3.05, 3.63) is 77.4 Å². The van der Waals surface area contributed by atoms with Gasteiger partial charge in [-0.25, -0.2) is 0 Å². The lowest BCUT2D eigenvalue weighted by molar-refractivity contribution is -0.119. The van der Waals surface area contributed by atoms with Crippen LogP contribution in [-0.2, 0) is 4.79 Å². The molecule has 0 fully saturated rings. The summed E-state index contributed by atoms with van der Waals surface area (Å²) < 4.78 is 0. The number of amides is 1. The molecule has 0 bridgehead atoms. The fourth-order valence-electron chi connectivity index (χ4n) is 2.87. The molecule has 3 aromatic carbocycles. The molecule has 0 radical (unpaired) electrons. The fraction of sp³-hybridized carbons (Fsp3) is 0.150. The van der Waals surface area contributed by atoms with Gasteiger partial charge in [-0.05, 0) is 29.3 Å². The van der Waals surface area contributed by atoms with Gasteiger partial charge in [0.2, 0.25) is 5.91 Å². The van der Waals surface area contributed by atoms with Crippen molar-refractivity contribution in [2.75, 3.05) is 0 Å². The first-order chi connectivity index (χ1) is 11.1. The summed E-state index contributed by atoms with van der Waals surface area (Å²) in [6.45, 7) is 3.51. The standard InChI is InChI=1S/C20H19NO2/c1-13-7-9-16(10-8-13)20(21-14(2)22)19-17-6-4-3-5-15(17)11-12-18(19)23/h3-12,20,23H,1-2H3,(H,21,22)/t20-/m1/s1. The smallest absolute Gasteiger partial charge is 0.217 e. The van der Waals surface area contributed by atoms with Crippen molar-refractivity contribution < 1.29 is 9.90 Å². The quantitative estimate of drug-likeness (QED) is 0.766. The zero-order chi connectivity index (χ0) is 16.4. The molecule has 0 aromatic heterocycles. The van der Waals surface area contributed by atoms with E-state index in [0.29, 0.717) is 0 Å². The first-order valence-corrected chi connectivity index (χ1v) is 7.60. The number of aryl methyl sites for hydroxylation is 1. The van der Waals surface area contributed by atoms with Gasteiger partial charge in [0.25, 0.3) is 0 Å². The lowest BCUT2D eigenvalue weighted by atomic mass is 9.92. The van der Waals surface area contributed by atoms with Crippen LogP contribution in [0.15, 0.2) is 60.7 Å². The van der Waals surface area contributed by atoms with Gasteiger partial charge in [-0.1, -0.05) is 60.2 Å². The number of carbonyl (C=O) groups is 1. The number of phenolic OH excluding ortho intramolecular Hbond substituents is 1. The van der Waals surface area contributed by atoms with Crippen LogP contribution in [0.2, 0.25) is 0 Å². The molecule has 0 unspecified atom stereocenters. The molecule has 0 aliphatic rings. The second kappa shape index (κ2) is 6.13. The summed E-state index contributed by atoms with van der Waals surface area (Å²) in [7, 11) is 0. The molecule has 1 amide bonds. The molecule has 23 heavy (non-hydrogen) atoms. The number of aromatic hydroxyl groups is 1. The van der Waals surface area contributed by atoms with Crippen LogP contribution in [0.3, 0.4) is 0 Å². The maximum Gasteiger partial charge on any atom is 0.217 e. The molecule has 0 aliphatic heterocycles. The molecular formula is C20H19NO2. The lowest BCUT2D eigenvalue weighted by Gasteiger charge is -2.22. The zero-order valence-corrected chi connectivity index (χ0v) is 13.2. The fourth-order valence-corrected chi connectivity index (χ4v) is 2.87. The molecule has 116 valence electrons. The summed E-state index contributed by atoms with van der Waals surface area (Å²) in [5.74, 6) is 0.0472. The second-order valence-electron chi connectivity index (χ2n) is 5.76. The Labute approximate surface area is 135 Å². The van der Waals surface area contributed by atoms with Gasteiger partial charge in [-0.15, -0.1) is 0 Å². The van der Waals surface area contributed by atoms with Crippen molar-refractivity contribution in [1.82, 2.24) is 5.32 Å². The summed E-state index contributed by atoms with van der Waals surface area (Å²) in [6, 6.07) is 19.0. The van der Waals surface area contributed by atoms with Crippen molar-refractivity contribution in [3.8, 4) is 5.75 Å². The summed E-state index contributed by atoms with van der Waals surface area (Å²) in [6.07, 6.45) is 0. The molecule has 0 spiro atoms. The number of hydrogen-bond acceptors (Lipinski definition) is 2. The highest BCUT2D eigenvalue weighted by Crippen LogP contribution is 2.35. The van der Waals surface area contributed by atoms with Gasteiger partial charge >= 0.3 is 0 Å². The Morgan fingerprint density at radius 1 is 1.00 bits per heavy atom. The van der Waals surface area contributed by atoms with Crippen LogP contribution < -0.4 is 5.32 Å². The minimum absolute atomic E-state index is 0.136. The molecule has 3 heteroatoms. The van der Waals surface area contributed by atoms with Crippen molar-refractivity contribution >= 4 is 16.7 Å². The molecule has 0 heterocycles. The Bertz CT molecular complexity index is 853. The SMILES string of the molecule is CC(=O)N[C@H](c1ccc(C)cc1)c1c(O)ccc2ccccc12. The number of rotatable bonds is 3. The minimum Gasteiger partial charge on any atom is -0.508 e. The van der Waals surface area contributed by atoms with E-state index in [1.807, 2.05) is 61.5 Å². The van der Waals surface area contributed by atoms with Crippen LogP contribution in [0.5, 0.6) is 5.75 Å². The van der Waals surface area contributed by atoms with E-state index < -0.39 is 0 Å². The van der Waals surface area contributed by atoms with E-state index in [1.54, 1.807) is 6.07 Å². The maximum atomic E-state index is 11.7. The molecule has 0 saturated carbocycles. The van der Waals surface area contributed by atoms with E-state index in [9.17, 15) is 9.90 Å². The first-order valence-electron chi connectivity index (χ1n) is 7.60. The van der Waals surface area contributed by atoms with Gasteiger partial charge < -0.3 is 10.4 Å². The van der Waals surface area contributed by atoms with Crippen LogP contribution in [0.1, 0.15) is 29.7 Å². The second-order valence-corrected chi connectivity index (χ2v) is 5.76. The highest BCUT2D eigenvalue weighted by Gasteiger charge is 2.21. The maximum absolute atomic E-state index is 11.7. The Morgan fingerprint density at radius 3 is 2.39 bits per heavy atom. The Balaban J connectivity index is 2.22. The van der Waals surface area contributed by atoms with E-state index in [2.05, 4.69) is 5.32 Å². The normalized spacial score (nSPS) is 12.1. The van der Waals surface area contributed by atoms with Crippen molar-refractivity contribution in [2.45, 2.75) is 19.9 Å². The van der Waals surface area contributed by atoms with E-state index >= 15 is 0 Å². The molecular weight excluding hydrogens is 286 g/mol. The van der Waals surface area contributed by atoms with Gasteiger partial charge in [0, 0.05) is 12.5 Å². The lowest BCUT2D eigenvalue weighted by Crippen LogP contribution is -2.27. The summed E-state index contributed by atoms with van der Waals surface area (Å²) in [5, 5.41) is 15.4. The first kappa shape index (κ1) is 15.1. The van der Waals surface area contributed by atoms with Crippen molar-refractivity contribution in [1.29, 1.82) is 0 Å². The average Bonchev–Trinajstić information content (AvgIpc) is 2.54. The van der Waals surface area contributed by atoms with Crippen molar-refractivity contribution in [2.24, 2.45) is 0 Å². The van der Waals surface area contributed by atoms with Gasteiger partial charge in [-0.2, -0.15) is 0 Å². The van der Waals surface area contributed by atoms with E-state index in [4.69, 9.17) is 0 Å². The number of nitrogens with one attached hydrogen (secondary N) is 1. The Hall–Kier alpha value is -2.81. The molecule has 3 aromatic rings. The third-order valence-electron chi connectivity index (χ3n) is 3.99. The van der Waals surface area contributed by atoms with Crippen LogP contribution >= 0.6 is 0 Å². The number of carbonyl (C=O) groups excluding carboxylic acids is 1. The van der Waals surface area contributed by atoms with Gasteiger partial charge in [-0.3, -0.25) is 4.79 Å². The zero-order valence-electron chi connectivity index (χ0n) is 13.2. The highest BCUT2D eigenvalue weighted by atomic mass is 16.3. The number of phenols is 1. The third kappa shape index (κ3) is 3.04. The summed E-state index contributed by atoms with van der Waals surface area (Å²) >= 11 is 0. The average molecular weight is 305 g/mol. The molecule has 3 rings (SSSR count). The van der Waals surface area contributed by atoms with Crippen LogP contribution in [0.4, 0.5) is 0 Å². The molecule has 2 N–H and O–H groups in total.